The second kappa shape index (κ2) is 2.84. The second-order valence-corrected chi connectivity index (χ2v) is 5.17. The van der Waals surface area contributed by atoms with Crippen LogP contribution in [0.3, 0.4) is 0 Å². The standard InChI is InChI=1S/C12H19N/c1-13-12-7-9-3-2-8-4-10(9)6-11(12)5-8/h2-3,8-13H,4-7H2,1H3. The molecule has 3 bridgehead atoms. The summed E-state index contributed by atoms with van der Waals surface area (Å²) in [6.45, 7) is 0. The van der Waals surface area contributed by atoms with Crippen molar-refractivity contribution in [3.8, 4) is 0 Å². The van der Waals surface area contributed by atoms with E-state index in [2.05, 4.69) is 24.5 Å². The molecule has 5 atom stereocenters. The van der Waals surface area contributed by atoms with E-state index in [1.54, 1.807) is 0 Å². The van der Waals surface area contributed by atoms with Gasteiger partial charge in [0.1, 0.15) is 0 Å². The average Bonchev–Trinajstić information content (AvgIpc) is 2.15. The molecular formula is C12H19N. The van der Waals surface area contributed by atoms with Gasteiger partial charge >= 0.3 is 0 Å². The molecular weight excluding hydrogens is 158 g/mol. The van der Waals surface area contributed by atoms with Gasteiger partial charge in [0.25, 0.3) is 0 Å². The van der Waals surface area contributed by atoms with Crippen LogP contribution in [0.4, 0.5) is 0 Å². The molecule has 1 N–H and O–H groups in total. The van der Waals surface area contributed by atoms with Crippen LogP contribution in [0.2, 0.25) is 0 Å². The van der Waals surface area contributed by atoms with E-state index in [1.165, 1.54) is 25.7 Å². The Morgan fingerprint density at radius 3 is 2.69 bits per heavy atom. The van der Waals surface area contributed by atoms with Gasteiger partial charge in [-0.15, -0.1) is 0 Å². The van der Waals surface area contributed by atoms with E-state index < -0.39 is 0 Å². The lowest BCUT2D eigenvalue weighted by atomic mass is 9.59. The summed E-state index contributed by atoms with van der Waals surface area (Å²) in [5, 5.41) is 3.51. The van der Waals surface area contributed by atoms with Crippen molar-refractivity contribution in [1.82, 2.24) is 5.32 Å². The van der Waals surface area contributed by atoms with E-state index in [9.17, 15) is 0 Å². The number of nitrogens with one attached hydrogen (secondary N) is 1. The third-order valence-corrected chi connectivity index (χ3v) is 4.52. The number of fused-ring (bicyclic) bond motifs is 2. The van der Waals surface area contributed by atoms with E-state index in [1.807, 2.05) is 0 Å². The number of rotatable bonds is 1. The Bertz CT molecular complexity index is 233. The fourth-order valence-electron chi connectivity index (χ4n) is 3.86. The van der Waals surface area contributed by atoms with E-state index in [-0.39, 0.29) is 0 Å². The fourth-order valence-corrected chi connectivity index (χ4v) is 3.86. The highest BCUT2D eigenvalue weighted by molar-refractivity contribution is 5.10. The molecule has 3 aliphatic rings. The summed E-state index contributed by atoms with van der Waals surface area (Å²) in [5.41, 5.74) is 0. The van der Waals surface area contributed by atoms with Crippen LogP contribution in [-0.4, -0.2) is 13.1 Å². The first-order valence-corrected chi connectivity index (χ1v) is 5.72. The van der Waals surface area contributed by atoms with E-state index in [4.69, 9.17) is 0 Å². The maximum absolute atomic E-state index is 3.51. The zero-order valence-corrected chi connectivity index (χ0v) is 8.37. The predicted octanol–water partition coefficient (Wildman–Crippen LogP) is 2.20. The Kier molecular flexibility index (Phi) is 1.76. The van der Waals surface area contributed by atoms with Gasteiger partial charge in [0, 0.05) is 6.04 Å². The topological polar surface area (TPSA) is 12.0 Å². The van der Waals surface area contributed by atoms with Crippen molar-refractivity contribution in [3.05, 3.63) is 12.2 Å². The normalized spacial score (nSPS) is 52.5. The fraction of sp³-hybridized carbons (Fsp3) is 0.833. The summed E-state index contributed by atoms with van der Waals surface area (Å²) in [5.74, 6) is 3.86. The third-order valence-electron chi connectivity index (χ3n) is 4.52. The zero-order valence-electron chi connectivity index (χ0n) is 8.37. The first-order valence-electron chi connectivity index (χ1n) is 5.72. The lowest BCUT2D eigenvalue weighted by Gasteiger charge is -2.49. The molecule has 3 rings (SSSR count). The second-order valence-electron chi connectivity index (χ2n) is 5.17. The molecule has 3 aliphatic carbocycles. The lowest BCUT2D eigenvalue weighted by Crippen LogP contribution is -2.47. The summed E-state index contributed by atoms with van der Waals surface area (Å²) >= 11 is 0. The minimum atomic E-state index is 0.814. The van der Waals surface area contributed by atoms with Gasteiger partial charge in [0.15, 0.2) is 0 Å². The molecule has 5 unspecified atom stereocenters. The highest BCUT2D eigenvalue weighted by Gasteiger charge is 2.42. The first-order chi connectivity index (χ1) is 6.36. The largest absolute Gasteiger partial charge is 0.317 e. The molecule has 1 heteroatoms. The van der Waals surface area contributed by atoms with Crippen molar-refractivity contribution in [3.63, 3.8) is 0 Å². The van der Waals surface area contributed by atoms with Crippen molar-refractivity contribution >= 4 is 0 Å². The first kappa shape index (κ1) is 8.05. The third kappa shape index (κ3) is 1.17. The highest BCUT2D eigenvalue weighted by atomic mass is 14.9. The monoisotopic (exact) mass is 177 g/mol. The zero-order chi connectivity index (χ0) is 8.84. The Balaban J connectivity index is 1.90. The van der Waals surface area contributed by atoms with Crippen LogP contribution in [0.15, 0.2) is 12.2 Å². The molecule has 0 amide bonds. The summed E-state index contributed by atoms with van der Waals surface area (Å²) in [4.78, 5) is 0. The Labute approximate surface area is 80.6 Å². The van der Waals surface area contributed by atoms with Gasteiger partial charge in [-0.2, -0.15) is 0 Å². The van der Waals surface area contributed by atoms with E-state index >= 15 is 0 Å². The average molecular weight is 177 g/mol. The van der Waals surface area contributed by atoms with Crippen LogP contribution in [0.1, 0.15) is 25.7 Å². The van der Waals surface area contributed by atoms with E-state index in [0.29, 0.717) is 0 Å². The van der Waals surface area contributed by atoms with Gasteiger partial charge in [-0.1, -0.05) is 12.2 Å². The van der Waals surface area contributed by atoms with Gasteiger partial charge in [0.2, 0.25) is 0 Å². The molecule has 2 saturated carbocycles. The minimum absolute atomic E-state index is 0.814. The summed E-state index contributed by atoms with van der Waals surface area (Å²) in [6.07, 6.45) is 10.9. The minimum Gasteiger partial charge on any atom is -0.317 e. The van der Waals surface area contributed by atoms with Crippen LogP contribution in [0, 0.1) is 23.7 Å². The highest BCUT2D eigenvalue weighted by Crippen LogP contribution is 2.49. The SMILES string of the molecule is CNC1CC2C=CC3CC2CC1C3. The summed E-state index contributed by atoms with van der Waals surface area (Å²) in [7, 11) is 2.14. The molecule has 1 nitrogen and oxygen atoms in total. The van der Waals surface area contributed by atoms with Crippen molar-refractivity contribution in [2.45, 2.75) is 31.7 Å². The Morgan fingerprint density at radius 1 is 1.00 bits per heavy atom. The molecule has 0 heterocycles. The van der Waals surface area contributed by atoms with Crippen molar-refractivity contribution in [2.24, 2.45) is 23.7 Å². The van der Waals surface area contributed by atoms with Crippen LogP contribution in [-0.2, 0) is 0 Å². The summed E-state index contributed by atoms with van der Waals surface area (Å²) in [6, 6.07) is 0.814. The molecule has 0 aromatic rings. The maximum atomic E-state index is 3.51. The molecule has 0 saturated heterocycles. The van der Waals surface area contributed by atoms with E-state index in [0.717, 1.165) is 29.7 Å². The molecule has 0 aromatic heterocycles. The van der Waals surface area contributed by atoms with Crippen LogP contribution < -0.4 is 5.32 Å². The summed E-state index contributed by atoms with van der Waals surface area (Å²) < 4.78 is 0. The van der Waals surface area contributed by atoms with Gasteiger partial charge in [-0.3, -0.25) is 0 Å². The van der Waals surface area contributed by atoms with Crippen molar-refractivity contribution in [1.29, 1.82) is 0 Å². The van der Waals surface area contributed by atoms with Crippen LogP contribution >= 0.6 is 0 Å². The number of hydrogen-bond acceptors (Lipinski definition) is 1. The van der Waals surface area contributed by atoms with Gasteiger partial charge in [-0.25, -0.2) is 0 Å². The van der Waals surface area contributed by atoms with Crippen molar-refractivity contribution < 1.29 is 0 Å². The lowest BCUT2D eigenvalue weighted by molar-refractivity contribution is 0.0782. The Hall–Kier alpha value is -0.300. The van der Waals surface area contributed by atoms with Crippen LogP contribution in [0.5, 0.6) is 0 Å². The predicted molar refractivity (Wildman–Crippen MR) is 54.4 cm³/mol. The van der Waals surface area contributed by atoms with Gasteiger partial charge < -0.3 is 5.32 Å². The molecule has 72 valence electrons. The molecule has 0 radical (unpaired) electrons. The van der Waals surface area contributed by atoms with Crippen LogP contribution in [0.25, 0.3) is 0 Å². The van der Waals surface area contributed by atoms with Crippen molar-refractivity contribution in [2.75, 3.05) is 7.05 Å². The quantitative estimate of drug-likeness (QED) is 0.605. The molecule has 0 spiro atoms. The number of hydrogen-bond donors (Lipinski definition) is 1. The smallest absolute Gasteiger partial charge is 0.00983 e. The molecule has 2 fully saturated rings. The Morgan fingerprint density at radius 2 is 1.85 bits per heavy atom. The molecule has 13 heavy (non-hydrogen) atoms. The maximum Gasteiger partial charge on any atom is 0.00983 e. The number of allylic oxidation sites excluding steroid dienone is 2. The van der Waals surface area contributed by atoms with Gasteiger partial charge in [0.05, 0.1) is 0 Å². The molecule has 0 aromatic carbocycles. The molecule has 0 aliphatic heterocycles. The van der Waals surface area contributed by atoms with Gasteiger partial charge in [-0.05, 0) is 56.4 Å².